The number of carbonyl (C=O) groups is 2. The molecule has 0 saturated carbocycles. The number of nitrogens with zero attached hydrogens (tertiary/aromatic N) is 3. The number of hydrogen-bond donors (Lipinski definition) is 2. The molecule has 1 heterocycles. The van der Waals surface area contributed by atoms with Gasteiger partial charge in [0.15, 0.2) is 5.16 Å². The molecular weight excluding hydrogens is 407 g/mol. The van der Waals surface area contributed by atoms with Crippen molar-refractivity contribution in [3.05, 3.63) is 35.7 Å². The van der Waals surface area contributed by atoms with Crippen LogP contribution in [0.1, 0.15) is 31.7 Å². The zero-order chi connectivity index (χ0) is 21.6. The Morgan fingerprint density at radius 1 is 1.21 bits per heavy atom. The average molecular weight is 429 g/mol. The van der Waals surface area contributed by atoms with Crippen molar-refractivity contribution in [3.8, 4) is 0 Å². The van der Waals surface area contributed by atoms with Gasteiger partial charge < -0.3 is 15.6 Å². The predicted octanol–water partition coefficient (Wildman–Crippen LogP) is 3.10. The lowest BCUT2D eigenvalue weighted by Gasteiger charge is -2.12. The first-order valence-corrected chi connectivity index (χ1v) is 9.85. The van der Waals surface area contributed by atoms with Gasteiger partial charge >= 0.3 is 6.18 Å². The molecule has 11 heteroatoms. The molecule has 1 aromatic carbocycles. The van der Waals surface area contributed by atoms with Crippen LogP contribution in [0, 0.1) is 5.92 Å². The van der Waals surface area contributed by atoms with Gasteiger partial charge in [-0.3, -0.25) is 9.59 Å². The van der Waals surface area contributed by atoms with E-state index in [4.69, 9.17) is 5.73 Å². The Morgan fingerprint density at radius 2 is 1.86 bits per heavy atom. The summed E-state index contributed by atoms with van der Waals surface area (Å²) in [7, 11) is 0. The van der Waals surface area contributed by atoms with Crippen molar-refractivity contribution in [1.29, 1.82) is 0 Å². The summed E-state index contributed by atoms with van der Waals surface area (Å²) in [6.07, 6.45) is -3.92. The predicted molar refractivity (Wildman–Crippen MR) is 103 cm³/mol. The zero-order valence-electron chi connectivity index (χ0n) is 16.0. The summed E-state index contributed by atoms with van der Waals surface area (Å²) in [4.78, 5) is 23.2. The Bertz CT molecular complexity index is 850. The minimum atomic E-state index is -4.43. The Hall–Kier alpha value is -2.56. The SMILES string of the molecule is CC(C)Cn1c(CCC(N)=O)nnc1SCC(=O)Nc1ccc(C(F)(F)F)cc1. The number of amides is 2. The summed E-state index contributed by atoms with van der Waals surface area (Å²) in [6, 6.07) is 4.23. The van der Waals surface area contributed by atoms with E-state index in [0.717, 1.165) is 23.9 Å². The number of nitrogens with two attached hydrogens (primary N) is 1. The third-order valence-corrected chi connectivity index (χ3v) is 4.73. The van der Waals surface area contributed by atoms with Crippen LogP contribution in [0.3, 0.4) is 0 Å². The van der Waals surface area contributed by atoms with Crippen LogP contribution in [0.2, 0.25) is 0 Å². The third kappa shape index (κ3) is 7.08. The Labute approximate surface area is 170 Å². The molecule has 3 N–H and O–H groups in total. The van der Waals surface area contributed by atoms with Crippen molar-refractivity contribution < 1.29 is 22.8 Å². The minimum absolute atomic E-state index is 0.00701. The standard InChI is InChI=1S/C18H22F3N5O2S/c1-11(2)9-26-15(8-7-14(22)27)24-25-17(26)29-10-16(28)23-13-5-3-12(4-6-13)18(19,20)21/h3-6,11H,7-10H2,1-2H3,(H2,22,27)(H,23,28). The number of hydrogen-bond acceptors (Lipinski definition) is 5. The molecule has 0 aliphatic heterocycles. The molecule has 29 heavy (non-hydrogen) atoms. The van der Waals surface area contributed by atoms with Gasteiger partial charge in [-0.1, -0.05) is 25.6 Å². The number of thioether (sulfide) groups is 1. The molecule has 158 valence electrons. The van der Waals surface area contributed by atoms with Crippen LogP contribution in [0.4, 0.5) is 18.9 Å². The zero-order valence-corrected chi connectivity index (χ0v) is 16.8. The van der Waals surface area contributed by atoms with Crippen molar-refractivity contribution >= 4 is 29.3 Å². The molecule has 2 aromatic rings. The smallest absolute Gasteiger partial charge is 0.370 e. The number of primary amides is 1. The maximum atomic E-state index is 12.6. The summed E-state index contributed by atoms with van der Waals surface area (Å²) in [5.74, 6) is 0.0936. The average Bonchev–Trinajstić information content (AvgIpc) is 2.99. The maximum Gasteiger partial charge on any atom is 0.416 e. The number of halogens is 3. The third-order valence-electron chi connectivity index (χ3n) is 3.76. The number of benzene rings is 1. The minimum Gasteiger partial charge on any atom is -0.370 e. The number of carbonyl (C=O) groups excluding carboxylic acids is 2. The van der Waals surface area contributed by atoms with Crippen molar-refractivity contribution in [2.45, 2.75) is 44.6 Å². The van der Waals surface area contributed by atoms with E-state index in [0.29, 0.717) is 29.9 Å². The topological polar surface area (TPSA) is 103 Å². The van der Waals surface area contributed by atoms with Gasteiger partial charge in [-0.2, -0.15) is 13.2 Å². The number of aromatic nitrogens is 3. The molecule has 0 atom stereocenters. The lowest BCUT2D eigenvalue weighted by atomic mass is 10.2. The summed E-state index contributed by atoms with van der Waals surface area (Å²) in [5, 5.41) is 11.2. The maximum absolute atomic E-state index is 12.6. The highest BCUT2D eigenvalue weighted by Gasteiger charge is 2.30. The Morgan fingerprint density at radius 3 is 2.41 bits per heavy atom. The van der Waals surface area contributed by atoms with Crippen LogP contribution in [0.5, 0.6) is 0 Å². The molecule has 0 aliphatic carbocycles. The summed E-state index contributed by atoms with van der Waals surface area (Å²) in [5.41, 5.74) is 4.68. The van der Waals surface area contributed by atoms with Gasteiger partial charge in [0, 0.05) is 25.1 Å². The second kappa shape index (κ2) is 9.77. The fourth-order valence-electron chi connectivity index (χ4n) is 2.46. The molecule has 2 rings (SSSR count). The van der Waals surface area contributed by atoms with Gasteiger partial charge in [-0.15, -0.1) is 10.2 Å². The number of aryl methyl sites for hydroxylation is 1. The first kappa shape index (κ1) is 22.7. The summed E-state index contributed by atoms with van der Waals surface area (Å²) in [6.45, 7) is 4.65. The van der Waals surface area contributed by atoms with Gasteiger partial charge in [0.1, 0.15) is 5.82 Å². The fourth-order valence-corrected chi connectivity index (χ4v) is 3.23. The van der Waals surface area contributed by atoms with Crippen LogP contribution in [-0.2, 0) is 28.7 Å². The van der Waals surface area contributed by atoms with E-state index in [2.05, 4.69) is 15.5 Å². The van der Waals surface area contributed by atoms with Crippen LogP contribution in [-0.4, -0.2) is 32.3 Å². The second-order valence-electron chi connectivity index (χ2n) is 6.78. The molecule has 0 radical (unpaired) electrons. The lowest BCUT2D eigenvalue weighted by molar-refractivity contribution is -0.137. The Kier molecular flexibility index (Phi) is 7.66. The van der Waals surface area contributed by atoms with E-state index < -0.39 is 17.6 Å². The van der Waals surface area contributed by atoms with Gasteiger partial charge in [-0.25, -0.2) is 0 Å². The molecule has 0 fully saturated rings. The van der Waals surface area contributed by atoms with Gasteiger partial charge in [0.2, 0.25) is 11.8 Å². The van der Waals surface area contributed by atoms with Crippen LogP contribution in [0.15, 0.2) is 29.4 Å². The molecule has 0 bridgehead atoms. The molecule has 0 aliphatic rings. The molecule has 1 aromatic heterocycles. The first-order chi connectivity index (χ1) is 13.6. The molecule has 7 nitrogen and oxygen atoms in total. The molecule has 0 unspecified atom stereocenters. The van der Waals surface area contributed by atoms with Crippen LogP contribution >= 0.6 is 11.8 Å². The van der Waals surface area contributed by atoms with Crippen molar-refractivity contribution in [1.82, 2.24) is 14.8 Å². The quantitative estimate of drug-likeness (QED) is 0.597. The van der Waals surface area contributed by atoms with E-state index in [1.54, 1.807) is 0 Å². The van der Waals surface area contributed by atoms with Gasteiger partial charge in [0.05, 0.1) is 11.3 Å². The van der Waals surface area contributed by atoms with E-state index in [9.17, 15) is 22.8 Å². The highest BCUT2D eigenvalue weighted by molar-refractivity contribution is 7.99. The number of rotatable bonds is 9. The second-order valence-corrected chi connectivity index (χ2v) is 7.72. The van der Waals surface area contributed by atoms with E-state index in [1.807, 2.05) is 18.4 Å². The molecule has 0 saturated heterocycles. The fraction of sp³-hybridized carbons (Fsp3) is 0.444. The van der Waals surface area contributed by atoms with Crippen LogP contribution < -0.4 is 11.1 Å². The summed E-state index contributed by atoms with van der Waals surface area (Å²) >= 11 is 1.16. The van der Waals surface area contributed by atoms with E-state index in [-0.39, 0.29) is 23.8 Å². The Balaban J connectivity index is 1.99. The monoisotopic (exact) mass is 429 g/mol. The van der Waals surface area contributed by atoms with E-state index >= 15 is 0 Å². The number of anilines is 1. The van der Waals surface area contributed by atoms with Crippen LogP contribution in [0.25, 0.3) is 0 Å². The highest BCUT2D eigenvalue weighted by atomic mass is 32.2. The van der Waals surface area contributed by atoms with Crippen molar-refractivity contribution in [2.24, 2.45) is 11.7 Å². The number of nitrogens with one attached hydrogen (secondary N) is 1. The van der Waals surface area contributed by atoms with Gasteiger partial charge in [0.25, 0.3) is 0 Å². The van der Waals surface area contributed by atoms with Crippen molar-refractivity contribution in [2.75, 3.05) is 11.1 Å². The highest BCUT2D eigenvalue weighted by Crippen LogP contribution is 2.30. The normalized spacial score (nSPS) is 11.7. The first-order valence-electron chi connectivity index (χ1n) is 8.86. The van der Waals surface area contributed by atoms with Gasteiger partial charge in [-0.05, 0) is 30.2 Å². The molecular formula is C18H22F3N5O2S. The molecule has 2 amide bonds. The number of alkyl halides is 3. The van der Waals surface area contributed by atoms with Crippen molar-refractivity contribution in [3.63, 3.8) is 0 Å². The molecule has 0 spiro atoms. The lowest BCUT2D eigenvalue weighted by Crippen LogP contribution is -2.17. The van der Waals surface area contributed by atoms with E-state index in [1.165, 1.54) is 12.1 Å². The summed E-state index contributed by atoms with van der Waals surface area (Å²) < 4.78 is 39.6. The largest absolute Gasteiger partial charge is 0.416 e.